The van der Waals surface area contributed by atoms with Gasteiger partial charge in [-0.25, -0.2) is 24.9 Å². The number of morpholine rings is 1. The number of hydrogen-bond donors (Lipinski definition) is 2. The average molecular weight is 648 g/mol. The zero-order chi connectivity index (χ0) is 30.9. The van der Waals surface area contributed by atoms with Crippen molar-refractivity contribution in [2.75, 3.05) is 31.2 Å². The summed E-state index contributed by atoms with van der Waals surface area (Å²) in [6, 6.07) is 3.98. The molecule has 0 bridgehead atoms. The molecule has 5 aromatic heterocycles. The Morgan fingerprint density at radius 3 is 1.88 bits per heavy atom. The highest BCUT2D eigenvalue weighted by Gasteiger charge is 2.27. The second kappa shape index (κ2) is 11.9. The summed E-state index contributed by atoms with van der Waals surface area (Å²) >= 11 is 3.25. The van der Waals surface area contributed by atoms with Gasteiger partial charge in [-0.2, -0.15) is 0 Å². The third-order valence-corrected chi connectivity index (χ3v) is 7.34. The van der Waals surface area contributed by atoms with Gasteiger partial charge < -0.3 is 19.6 Å². The predicted octanol–water partition coefficient (Wildman–Crippen LogP) is 6.03. The molecule has 1 aliphatic rings. The van der Waals surface area contributed by atoms with Gasteiger partial charge in [-0.1, -0.05) is 41.5 Å². The maximum Gasteiger partial charge on any atom is 0.171 e. The molecular weight excluding hydrogens is 612 g/mol. The van der Waals surface area contributed by atoms with Crippen LogP contribution in [0.25, 0.3) is 33.6 Å². The highest BCUT2D eigenvalue weighted by molar-refractivity contribution is 9.10. The summed E-state index contributed by atoms with van der Waals surface area (Å²) in [5.41, 5.74) is 4.32. The number of pyridine rings is 1. The number of rotatable bonds is 4. The fraction of sp³-hybridized carbons (Fsp3) is 0.387. The Morgan fingerprint density at radius 1 is 0.791 bits per heavy atom. The Kier molecular flexibility index (Phi) is 8.44. The first-order chi connectivity index (χ1) is 20.3. The molecule has 5 aromatic rings. The lowest BCUT2D eigenvalue weighted by atomic mass is 9.87. The monoisotopic (exact) mass is 646 g/mol. The molecule has 0 atom stereocenters. The second-order valence-electron chi connectivity index (χ2n) is 12.4. The van der Waals surface area contributed by atoms with Crippen molar-refractivity contribution in [2.24, 2.45) is 10.8 Å². The highest BCUT2D eigenvalue weighted by Crippen LogP contribution is 2.28. The number of halogens is 1. The fourth-order valence-corrected chi connectivity index (χ4v) is 4.85. The molecule has 1 aliphatic heterocycles. The number of nitrogens with zero attached hydrogens (tertiary/aromatic N) is 6. The van der Waals surface area contributed by atoms with Crippen molar-refractivity contribution in [3.8, 4) is 11.3 Å². The number of hydrogen-bond acceptors (Lipinski definition) is 9. The molecule has 1 fully saturated rings. The van der Waals surface area contributed by atoms with E-state index >= 15 is 0 Å². The fourth-order valence-electron chi connectivity index (χ4n) is 4.57. The molecule has 6 rings (SSSR count). The zero-order valence-corrected chi connectivity index (χ0v) is 26.7. The first kappa shape index (κ1) is 30.4. The molecule has 1 saturated heterocycles. The number of carbonyl (C=O) groups excluding carboxylic acids is 2. The number of Topliss-reactive ketones (excluding diaryl/α,β-unsaturated/α-hetero) is 2. The van der Waals surface area contributed by atoms with Crippen LogP contribution in [0.3, 0.4) is 0 Å². The number of carbonyl (C=O) groups is 2. The Balaban J connectivity index is 0.000000196. The van der Waals surface area contributed by atoms with Crippen LogP contribution in [0.4, 0.5) is 5.82 Å². The van der Waals surface area contributed by atoms with E-state index in [2.05, 4.69) is 50.7 Å². The number of anilines is 1. The Labute approximate surface area is 258 Å². The Morgan fingerprint density at radius 2 is 1.35 bits per heavy atom. The molecule has 43 heavy (non-hydrogen) atoms. The van der Waals surface area contributed by atoms with Gasteiger partial charge in [-0.05, 0) is 28.1 Å². The van der Waals surface area contributed by atoms with Gasteiger partial charge in [0.2, 0.25) is 0 Å². The van der Waals surface area contributed by atoms with Gasteiger partial charge in [0.05, 0.1) is 42.4 Å². The lowest BCUT2D eigenvalue weighted by Gasteiger charge is -2.27. The molecule has 6 heterocycles. The van der Waals surface area contributed by atoms with E-state index in [4.69, 9.17) is 9.72 Å². The molecule has 0 unspecified atom stereocenters. The minimum absolute atomic E-state index is 0.0426. The maximum absolute atomic E-state index is 12.7. The lowest BCUT2D eigenvalue weighted by molar-refractivity contribution is 0.0854. The zero-order valence-electron chi connectivity index (χ0n) is 25.2. The second-order valence-corrected chi connectivity index (χ2v) is 13.2. The topological polar surface area (TPSA) is 143 Å². The molecule has 2 N–H and O–H groups in total. The Bertz CT molecular complexity index is 1780. The van der Waals surface area contributed by atoms with Crippen LogP contribution in [0.15, 0.2) is 47.7 Å². The van der Waals surface area contributed by atoms with Gasteiger partial charge >= 0.3 is 0 Å². The molecule has 0 aromatic carbocycles. The van der Waals surface area contributed by atoms with E-state index in [9.17, 15) is 9.59 Å². The van der Waals surface area contributed by atoms with Crippen LogP contribution in [0.2, 0.25) is 0 Å². The summed E-state index contributed by atoms with van der Waals surface area (Å²) < 4.78 is 6.01. The van der Waals surface area contributed by atoms with Gasteiger partial charge in [-0.15, -0.1) is 0 Å². The van der Waals surface area contributed by atoms with Crippen molar-refractivity contribution < 1.29 is 14.3 Å². The molecule has 11 nitrogen and oxygen atoms in total. The third-order valence-electron chi connectivity index (χ3n) is 6.96. The number of ether oxygens (including phenoxy) is 1. The standard InChI is InChI=1S/C20H23N5O2.C11H12BrN3O/c1-20(2,3)18(26)14-11-22-19-17(14)24-15(12-23-19)13-4-5-16(21-10-13)25-6-8-27-9-7-25;1-11(2,3)9(16)6-4-13-10-8(6)15-7(12)5-14-10/h4-5,10-12H,6-9H2,1-3H3,(H,22,23);4-5H,1-3H3,(H,13,14). The largest absolute Gasteiger partial charge is 0.378 e. The minimum Gasteiger partial charge on any atom is -0.378 e. The van der Waals surface area contributed by atoms with Crippen molar-refractivity contribution in [2.45, 2.75) is 41.5 Å². The van der Waals surface area contributed by atoms with Crippen LogP contribution >= 0.6 is 15.9 Å². The van der Waals surface area contributed by atoms with E-state index in [1.807, 2.05) is 53.7 Å². The van der Waals surface area contributed by atoms with Gasteiger partial charge in [0.25, 0.3) is 0 Å². The summed E-state index contributed by atoms with van der Waals surface area (Å²) in [4.78, 5) is 55.2. The van der Waals surface area contributed by atoms with Gasteiger partial charge in [-0.3, -0.25) is 9.59 Å². The van der Waals surface area contributed by atoms with Crippen molar-refractivity contribution in [1.29, 1.82) is 0 Å². The molecule has 0 saturated carbocycles. The van der Waals surface area contributed by atoms with Crippen molar-refractivity contribution in [1.82, 2.24) is 34.9 Å². The van der Waals surface area contributed by atoms with Gasteiger partial charge in [0.1, 0.15) is 21.5 Å². The van der Waals surface area contributed by atoms with Crippen LogP contribution in [-0.2, 0) is 4.74 Å². The Hall–Kier alpha value is -4.03. The van der Waals surface area contributed by atoms with E-state index in [1.165, 1.54) is 0 Å². The third kappa shape index (κ3) is 6.65. The van der Waals surface area contributed by atoms with Gasteiger partial charge in [0, 0.05) is 48.1 Å². The summed E-state index contributed by atoms with van der Waals surface area (Å²) in [5.74, 6) is 1.04. The summed E-state index contributed by atoms with van der Waals surface area (Å²) in [6.07, 6.45) is 8.48. The average Bonchev–Trinajstić information content (AvgIpc) is 3.60. The maximum atomic E-state index is 12.7. The first-order valence-corrected chi connectivity index (χ1v) is 14.8. The van der Waals surface area contributed by atoms with E-state index < -0.39 is 10.8 Å². The molecule has 0 radical (unpaired) electrons. The van der Waals surface area contributed by atoms with Crippen LogP contribution in [0.5, 0.6) is 0 Å². The van der Waals surface area contributed by atoms with E-state index in [0.29, 0.717) is 43.8 Å². The highest BCUT2D eigenvalue weighted by atomic mass is 79.9. The summed E-state index contributed by atoms with van der Waals surface area (Å²) in [6.45, 7) is 14.5. The lowest BCUT2D eigenvalue weighted by Crippen LogP contribution is -2.36. The summed E-state index contributed by atoms with van der Waals surface area (Å²) in [5, 5.41) is 0. The van der Waals surface area contributed by atoms with Gasteiger partial charge in [0.15, 0.2) is 22.9 Å². The SMILES string of the molecule is CC(C)(C)C(=O)c1c[nH]c2ncc(-c3ccc(N4CCOCC4)nc3)nc12.CC(C)(C)C(=O)c1c[nH]c2ncc(Br)nc12. The predicted molar refractivity (Wildman–Crippen MR) is 169 cm³/mol. The first-order valence-electron chi connectivity index (χ1n) is 14.1. The molecule has 0 spiro atoms. The number of nitrogens with one attached hydrogen (secondary N) is 2. The quantitative estimate of drug-likeness (QED) is 0.224. The number of aromatic amines is 2. The van der Waals surface area contributed by atoms with Crippen molar-refractivity contribution in [3.05, 3.63) is 58.8 Å². The molecule has 12 heteroatoms. The normalized spacial score (nSPS) is 14.1. The molecule has 0 aliphatic carbocycles. The number of H-pyrrole nitrogens is 2. The minimum atomic E-state index is -0.478. The molecule has 224 valence electrons. The van der Waals surface area contributed by atoms with E-state index in [-0.39, 0.29) is 11.6 Å². The van der Waals surface area contributed by atoms with Crippen LogP contribution < -0.4 is 4.90 Å². The smallest absolute Gasteiger partial charge is 0.171 e. The number of fused-ring (bicyclic) bond motifs is 2. The van der Waals surface area contributed by atoms with Crippen LogP contribution in [0, 0.1) is 10.8 Å². The van der Waals surface area contributed by atoms with Crippen molar-refractivity contribution in [3.63, 3.8) is 0 Å². The van der Waals surface area contributed by atoms with Crippen molar-refractivity contribution >= 4 is 55.6 Å². The molecular formula is C31H35BrN8O3. The molecule has 0 amide bonds. The summed E-state index contributed by atoms with van der Waals surface area (Å²) in [7, 11) is 0. The van der Waals surface area contributed by atoms with Crippen LogP contribution in [-0.4, -0.2) is 72.8 Å². The van der Waals surface area contributed by atoms with E-state index in [0.717, 1.165) is 37.7 Å². The number of ketones is 2. The van der Waals surface area contributed by atoms with Crippen LogP contribution in [0.1, 0.15) is 62.3 Å². The van der Waals surface area contributed by atoms with E-state index in [1.54, 1.807) is 31.0 Å². The number of aromatic nitrogens is 7.